The van der Waals surface area contributed by atoms with Crippen LogP contribution in [0.2, 0.25) is 0 Å². The lowest BCUT2D eigenvalue weighted by molar-refractivity contribution is -0.132. The van der Waals surface area contributed by atoms with Crippen LogP contribution in [0, 0.1) is 6.92 Å². The van der Waals surface area contributed by atoms with Gasteiger partial charge in [-0.2, -0.15) is 0 Å². The number of hydrogen-bond acceptors (Lipinski definition) is 6. The SMILES string of the molecule is CC(=O)Oc1ccc(C2COc3c(ccc(OC(C)=O)c3C)C2=O)cc1. The molecule has 1 aliphatic rings. The second-order valence-corrected chi connectivity index (χ2v) is 6.05. The Kier molecular flexibility index (Phi) is 4.75. The zero-order valence-electron chi connectivity index (χ0n) is 14.7. The number of ether oxygens (including phenoxy) is 3. The first-order valence-electron chi connectivity index (χ1n) is 8.14. The van der Waals surface area contributed by atoms with Crippen LogP contribution >= 0.6 is 0 Å². The van der Waals surface area contributed by atoms with E-state index in [0.29, 0.717) is 28.4 Å². The third kappa shape index (κ3) is 3.44. The lowest BCUT2D eigenvalue weighted by Gasteiger charge is -2.26. The molecule has 0 aromatic heterocycles. The largest absolute Gasteiger partial charge is 0.491 e. The van der Waals surface area contributed by atoms with Gasteiger partial charge < -0.3 is 14.2 Å². The Hall–Kier alpha value is -3.15. The molecule has 2 aromatic carbocycles. The maximum absolute atomic E-state index is 12.9. The molecule has 0 amide bonds. The fourth-order valence-corrected chi connectivity index (χ4v) is 2.93. The van der Waals surface area contributed by atoms with Crippen molar-refractivity contribution in [3.8, 4) is 17.2 Å². The molecular formula is C20H18O6. The highest BCUT2D eigenvalue weighted by molar-refractivity contribution is 6.04. The molecule has 1 heterocycles. The highest BCUT2D eigenvalue weighted by Gasteiger charge is 2.32. The van der Waals surface area contributed by atoms with E-state index in [1.807, 2.05) is 0 Å². The Balaban J connectivity index is 1.87. The fourth-order valence-electron chi connectivity index (χ4n) is 2.93. The third-order valence-electron chi connectivity index (χ3n) is 4.13. The molecule has 0 bridgehead atoms. The highest BCUT2D eigenvalue weighted by atomic mass is 16.5. The van der Waals surface area contributed by atoms with Crippen molar-refractivity contribution in [3.05, 3.63) is 53.1 Å². The van der Waals surface area contributed by atoms with E-state index in [2.05, 4.69) is 0 Å². The van der Waals surface area contributed by atoms with Crippen molar-refractivity contribution in [2.75, 3.05) is 6.61 Å². The molecular weight excluding hydrogens is 336 g/mol. The van der Waals surface area contributed by atoms with E-state index in [9.17, 15) is 14.4 Å². The Morgan fingerprint density at radius 3 is 2.27 bits per heavy atom. The molecule has 26 heavy (non-hydrogen) atoms. The van der Waals surface area contributed by atoms with Gasteiger partial charge in [0.2, 0.25) is 0 Å². The number of carbonyl (C=O) groups excluding carboxylic acids is 3. The molecule has 0 saturated heterocycles. The standard InChI is InChI=1S/C20H18O6/c1-11-18(26-13(3)22)9-8-16-19(23)17(10-24-20(11)16)14-4-6-15(7-5-14)25-12(2)21/h4-9,17H,10H2,1-3H3. The van der Waals surface area contributed by atoms with Crippen molar-refractivity contribution in [1.29, 1.82) is 0 Å². The van der Waals surface area contributed by atoms with Gasteiger partial charge in [0, 0.05) is 19.4 Å². The lowest BCUT2D eigenvalue weighted by atomic mass is 9.88. The summed E-state index contributed by atoms with van der Waals surface area (Å²) in [5.41, 5.74) is 1.85. The summed E-state index contributed by atoms with van der Waals surface area (Å²) in [4.78, 5) is 35.0. The minimum atomic E-state index is -0.451. The van der Waals surface area contributed by atoms with Crippen molar-refractivity contribution < 1.29 is 28.6 Å². The fraction of sp³-hybridized carbons (Fsp3) is 0.250. The normalized spacial score (nSPS) is 15.7. The number of carbonyl (C=O) groups is 3. The van der Waals surface area contributed by atoms with E-state index in [4.69, 9.17) is 14.2 Å². The van der Waals surface area contributed by atoms with Gasteiger partial charge >= 0.3 is 11.9 Å². The Bertz CT molecular complexity index is 882. The molecule has 0 fully saturated rings. The molecule has 134 valence electrons. The van der Waals surface area contributed by atoms with Crippen molar-refractivity contribution in [1.82, 2.24) is 0 Å². The summed E-state index contributed by atoms with van der Waals surface area (Å²) in [6.07, 6.45) is 0. The molecule has 6 heteroatoms. The monoisotopic (exact) mass is 354 g/mol. The summed E-state index contributed by atoms with van der Waals surface area (Å²) in [6, 6.07) is 10.00. The average molecular weight is 354 g/mol. The van der Waals surface area contributed by atoms with Crippen LogP contribution in [0.4, 0.5) is 0 Å². The summed E-state index contributed by atoms with van der Waals surface area (Å²) >= 11 is 0. The van der Waals surface area contributed by atoms with E-state index in [1.54, 1.807) is 43.3 Å². The molecule has 0 N–H and O–H groups in total. The predicted molar refractivity (Wildman–Crippen MR) is 92.8 cm³/mol. The van der Waals surface area contributed by atoms with Crippen LogP contribution in [0.15, 0.2) is 36.4 Å². The quantitative estimate of drug-likeness (QED) is 0.622. The number of benzene rings is 2. The maximum atomic E-state index is 12.9. The zero-order chi connectivity index (χ0) is 18.8. The minimum Gasteiger partial charge on any atom is -0.491 e. The smallest absolute Gasteiger partial charge is 0.308 e. The van der Waals surface area contributed by atoms with Gasteiger partial charge in [0.1, 0.15) is 23.9 Å². The molecule has 0 aliphatic carbocycles. The van der Waals surface area contributed by atoms with Gasteiger partial charge in [-0.05, 0) is 36.8 Å². The molecule has 1 aliphatic heterocycles. The molecule has 6 nitrogen and oxygen atoms in total. The Labute approximate surface area is 150 Å². The molecule has 0 spiro atoms. The molecule has 1 atom stereocenters. The summed E-state index contributed by atoms with van der Waals surface area (Å²) < 4.78 is 15.9. The summed E-state index contributed by atoms with van der Waals surface area (Å²) in [7, 11) is 0. The summed E-state index contributed by atoms with van der Waals surface area (Å²) in [5, 5.41) is 0. The van der Waals surface area contributed by atoms with E-state index in [-0.39, 0.29) is 12.4 Å². The first-order chi connectivity index (χ1) is 12.4. The Morgan fingerprint density at radius 1 is 1.00 bits per heavy atom. The van der Waals surface area contributed by atoms with Gasteiger partial charge in [0.05, 0.1) is 11.5 Å². The van der Waals surface area contributed by atoms with Crippen LogP contribution in [0.25, 0.3) is 0 Å². The van der Waals surface area contributed by atoms with E-state index in [1.165, 1.54) is 13.8 Å². The number of ketones is 1. The first-order valence-corrected chi connectivity index (χ1v) is 8.14. The number of Topliss-reactive ketones (excluding diaryl/α,β-unsaturated/α-hetero) is 1. The van der Waals surface area contributed by atoms with Crippen LogP contribution in [0.1, 0.15) is 41.3 Å². The second kappa shape index (κ2) is 7.00. The van der Waals surface area contributed by atoms with E-state index >= 15 is 0 Å². The number of rotatable bonds is 3. The highest BCUT2D eigenvalue weighted by Crippen LogP contribution is 2.38. The average Bonchev–Trinajstić information content (AvgIpc) is 2.58. The van der Waals surface area contributed by atoms with Crippen LogP contribution in [0.3, 0.4) is 0 Å². The van der Waals surface area contributed by atoms with Gasteiger partial charge in [0.15, 0.2) is 5.78 Å². The van der Waals surface area contributed by atoms with Gasteiger partial charge in [-0.15, -0.1) is 0 Å². The number of fused-ring (bicyclic) bond motifs is 1. The second-order valence-electron chi connectivity index (χ2n) is 6.05. The van der Waals surface area contributed by atoms with Gasteiger partial charge in [-0.25, -0.2) is 0 Å². The van der Waals surface area contributed by atoms with Crippen molar-refractivity contribution in [2.24, 2.45) is 0 Å². The third-order valence-corrected chi connectivity index (χ3v) is 4.13. The molecule has 0 saturated carbocycles. The van der Waals surface area contributed by atoms with Crippen molar-refractivity contribution in [3.63, 3.8) is 0 Å². The first kappa shape index (κ1) is 17.7. The van der Waals surface area contributed by atoms with Crippen LogP contribution in [-0.2, 0) is 9.59 Å². The van der Waals surface area contributed by atoms with Crippen LogP contribution in [0.5, 0.6) is 17.2 Å². The van der Waals surface area contributed by atoms with E-state index in [0.717, 1.165) is 5.56 Å². The van der Waals surface area contributed by atoms with Crippen LogP contribution < -0.4 is 14.2 Å². The molecule has 2 aromatic rings. The summed E-state index contributed by atoms with van der Waals surface area (Å²) in [5.74, 6) is -0.0944. The van der Waals surface area contributed by atoms with Gasteiger partial charge in [0.25, 0.3) is 0 Å². The topological polar surface area (TPSA) is 78.9 Å². The summed E-state index contributed by atoms with van der Waals surface area (Å²) in [6.45, 7) is 4.58. The van der Waals surface area contributed by atoms with Gasteiger partial charge in [-0.1, -0.05) is 12.1 Å². The molecule has 1 unspecified atom stereocenters. The molecule has 3 rings (SSSR count). The zero-order valence-corrected chi connectivity index (χ0v) is 14.7. The van der Waals surface area contributed by atoms with Crippen molar-refractivity contribution >= 4 is 17.7 Å². The Morgan fingerprint density at radius 2 is 1.65 bits per heavy atom. The van der Waals surface area contributed by atoms with E-state index < -0.39 is 17.9 Å². The number of esters is 2. The predicted octanol–water partition coefficient (Wildman–Crippen LogP) is 3.20. The van der Waals surface area contributed by atoms with Crippen LogP contribution in [-0.4, -0.2) is 24.3 Å². The lowest BCUT2D eigenvalue weighted by Crippen LogP contribution is -2.26. The maximum Gasteiger partial charge on any atom is 0.308 e. The number of hydrogen-bond donors (Lipinski definition) is 0. The van der Waals surface area contributed by atoms with Gasteiger partial charge in [-0.3, -0.25) is 14.4 Å². The minimum absolute atomic E-state index is 0.0658. The molecule has 0 radical (unpaired) electrons. The van der Waals surface area contributed by atoms with Crippen molar-refractivity contribution in [2.45, 2.75) is 26.7 Å².